The van der Waals surface area contributed by atoms with Crippen molar-refractivity contribution in [3.05, 3.63) is 49.9 Å². The average molecular weight is 410 g/mol. The second-order valence-electron chi connectivity index (χ2n) is 6.52. The molecule has 0 bridgehead atoms. The Labute approximate surface area is 165 Å². The first kappa shape index (κ1) is 17.9. The van der Waals surface area contributed by atoms with Gasteiger partial charge in [0.05, 0.1) is 27.5 Å². The molecule has 1 aromatic heterocycles. The molecule has 1 aliphatic heterocycles. The molecule has 136 valence electrons. The molecule has 1 amide bonds. The summed E-state index contributed by atoms with van der Waals surface area (Å²) < 4.78 is 1.70. The highest BCUT2D eigenvalue weighted by Crippen LogP contribution is 2.34. The molecule has 0 radical (unpaired) electrons. The number of thioether (sulfide) groups is 1. The van der Waals surface area contributed by atoms with Gasteiger partial charge in [0.25, 0.3) is 5.56 Å². The van der Waals surface area contributed by atoms with Crippen molar-refractivity contribution < 1.29 is 4.79 Å². The van der Waals surface area contributed by atoms with E-state index in [0.29, 0.717) is 21.5 Å². The quantitative estimate of drug-likeness (QED) is 0.774. The highest BCUT2D eigenvalue weighted by atomic mass is 35.5. The van der Waals surface area contributed by atoms with Crippen LogP contribution in [0.15, 0.2) is 28.2 Å². The number of nitrogens with one attached hydrogen (secondary N) is 1. The van der Waals surface area contributed by atoms with Gasteiger partial charge in [0.2, 0.25) is 5.91 Å². The maximum atomic E-state index is 12.9. The van der Waals surface area contributed by atoms with Gasteiger partial charge < -0.3 is 5.32 Å². The number of hydrogen-bond donors (Lipinski definition) is 1. The fraction of sp³-hybridized carbons (Fsp3) is 0.389. The number of carbonyl (C=O) groups excluding carboxylic acids is 1. The van der Waals surface area contributed by atoms with Crippen LogP contribution in [0.3, 0.4) is 0 Å². The van der Waals surface area contributed by atoms with E-state index in [2.05, 4.69) is 10.3 Å². The first-order valence-electron chi connectivity index (χ1n) is 8.55. The van der Waals surface area contributed by atoms with Crippen molar-refractivity contribution in [2.24, 2.45) is 0 Å². The fourth-order valence-corrected chi connectivity index (χ4v) is 4.98. The van der Waals surface area contributed by atoms with Crippen molar-refractivity contribution in [2.75, 3.05) is 11.1 Å². The van der Waals surface area contributed by atoms with E-state index in [1.807, 2.05) is 0 Å². The first-order valence-corrected chi connectivity index (χ1v) is 10.3. The SMILES string of the molecule is O=C(CC1CSc2nc3c(c(=O)n21)CCCC3)Nc1cccc(Cl)c1Cl. The summed E-state index contributed by atoms with van der Waals surface area (Å²) in [5, 5.41) is 4.22. The van der Waals surface area contributed by atoms with Crippen LogP contribution in [0.2, 0.25) is 10.0 Å². The van der Waals surface area contributed by atoms with Gasteiger partial charge in [-0.15, -0.1) is 0 Å². The van der Waals surface area contributed by atoms with E-state index >= 15 is 0 Å². The van der Waals surface area contributed by atoms with Crippen molar-refractivity contribution in [1.29, 1.82) is 0 Å². The van der Waals surface area contributed by atoms with Crippen LogP contribution in [-0.2, 0) is 17.6 Å². The minimum Gasteiger partial charge on any atom is -0.325 e. The van der Waals surface area contributed by atoms with Crippen LogP contribution in [0, 0.1) is 0 Å². The zero-order valence-corrected chi connectivity index (χ0v) is 16.3. The predicted octanol–water partition coefficient (Wildman–Crippen LogP) is 4.10. The van der Waals surface area contributed by atoms with Gasteiger partial charge in [0.15, 0.2) is 5.16 Å². The van der Waals surface area contributed by atoms with Crippen LogP contribution in [0.25, 0.3) is 0 Å². The van der Waals surface area contributed by atoms with Crippen LogP contribution in [0.1, 0.15) is 36.6 Å². The van der Waals surface area contributed by atoms with Gasteiger partial charge >= 0.3 is 0 Å². The average Bonchev–Trinajstić information content (AvgIpc) is 3.02. The van der Waals surface area contributed by atoms with Gasteiger partial charge in [-0.3, -0.25) is 14.2 Å². The molecule has 1 N–H and O–H groups in total. The number of rotatable bonds is 3. The molecule has 1 atom stereocenters. The zero-order chi connectivity index (χ0) is 18.3. The van der Waals surface area contributed by atoms with Crippen LogP contribution >= 0.6 is 35.0 Å². The van der Waals surface area contributed by atoms with Gasteiger partial charge in [-0.05, 0) is 37.8 Å². The molecule has 8 heteroatoms. The van der Waals surface area contributed by atoms with Crippen LogP contribution in [0.4, 0.5) is 5.69 Å². The summed E-state index contributed by atoms with van der Waals surface area (Å²) in [6, 6.07) is 4.90. The second kappa shape index (κ2) is 7.25. The largest absolute Gasteiger partial charge is 0.325 e. The van der Waals surface area contributed by atoms with Crippen molar-refractivity contribution in [1.82, 2.24) is 9.55 Å². The number of fused-ring (bicyclic) bond motifs is 2. The highest BCUT2D eigenvalue weighted by Gasteiger charge is 2.30. The van der Waals surface area contributed by atoms with Crippen molar-refractivity contribution in [3.8, 4) is 0 Å². The monoisotopic (exact) mass is 409 g/mol. The Morgan fingerprint density at radius 3 is 2.96 bits per heavy atom. The van der Waals surface area contributed by atoms with E-state index in [0.717, 1.165) is 42.1 Å². The molecule has 2 heterocycles. The third-order valence-electron chi connectivity index (χ3n) is 4.77. The van der Waals surface area contributed by atoms with E-state index in [-0.39, 0.29) is 23.9 Å². The minimum atomic E-state index is -0.197. The van der Waals surface area contributed by atoms with E-state index in [1.54, 1.807) is 34.5 Å². The molecule has 0 saturated heterocycles. The number of amides is 1. The fourth-order valence-electron chi connectivity index (χ4n) is 3.48. The van der Waals surface area contributed by atoms with E-state index in [4.69, 9.17) is 23.2 Å². The summed E-state index contributed by atoms with van der Waals surface area (Å²) in [7, 11) is 0. The first-order chi connectivity index (χ1) is 12.5. The molecule has 5 nitrogen and oxygen atoms in total. The number of halogens is 2. The number of benzene rings is 1. The summed E-state index contributed by atoms with van der Waals surface area (Å²) in [5.74, 6) is 0.471. The molecule has 0 fully saturated rings. The molecule has 1 aromatic carbocycles. The molecule has 2 aromatic rings. The lowest BCUT2D eigenvalue weighted by Crippen LogP contribution is -2.32. The van der Waals surface area contributed by atoms with Gasteiger partial charge in [-0.2, -0.15) is 0 Å². The smallest absolute Gasteiger partial charge is 0.257 e. The second-order valence-corrected chi connectivity index (χ2v) is 8.29. The predicted molar refractivity (Wildman–Crippen MR) is 105 cm³/mol. The number of carbonyl (C=O) groups is 1. The molecule has 2 aliphatic rings. The summed E-state index contributed by atoms with van der Waals surface area (Å²) in [5.41, 5.74) is 2.26. The molecule has 1 aliphatic carbocycles. The Bertz CT molecular complexity index is 945. The Morgan fingerprint density at radius 1 is 1.31 bits per heavy atom. The van der Waals surface area contributed by atoms with Gasteiger partial charge in [-0.1, -0.05) is 41.0 Å². The standard InChI is InChI=1S/C18H17Cl2N3O2S/c19-12-5-3-7-14(16(12)20)21-15(24)8-10-9-26-18-22-13-6-2-1-4-11(13)17(25)23(10)18/h3,5,7,10H,1-2,4,6,8-9H2,(H,21,24). The summed E-state index contributed by atoms with van der Waals surface area (Å²) in [4.78, 5) is 30.1. The van der Waals surface area contributed by atoms with Gasteiger partial charge in [0, 0.05) is 17.7 Å². The van der Waals surface area contributed by atoms with Gasteiger partial charge in [-0.25, -0.2) is 4.98 Å². The number of nitrogens with zero attached hydrogens (tertiary/aromatic N) is 2. The topological polar surface area (TPSA) is 64.0 Å². The number of anilines is 1. The minimum absolute atomic E-state index is 0.0216. The Morgan fingerprint density at radius 2 is 2.12 bits per heavy atom. The summed E-state index contributed by atoms with van der Waals surface area (Å²) >= 11 is 13.6. The molecule has 0 spiro atoms. The lowest BCUT2D eigenvalue weighted by Gasteiger charge is -2.19. The van der Waals surface area contributed by atoms with Gasteiger partial charge in [0.1, 0.15) is 0 Å². The number of aryl methyl sites for hydroxylation is 1. The van der Waals surface area contributed by atoms with Crippen LogP contribution in [0.5, 0.6) is 0 Å². The summed E-state index contributed by atoms with van der Waals surface area (Å²) in [6.45, 7) is 0. The Kier molecular flexibility index (Phi) is 4.99. The summed E-state index contributed by atoms with van der Waals surface area (Å²) in [6.07, 6.45) is 3.96. The molecule has 1 unspecified atom stereocenters. The molecule has 26 heavy (non-hydrogen) atoms. The molecular formula is C18H17Cl2N3O2S. The van der Waals surface area contributed by atoms with Crippen molar-refractivity contribution in [2.45, 2.75) is 43.3 Å². The zero-order valence-electron chi connectivity index (χ0n) is 13.9. The lowest BCUT2D eigenvalue weighted by molar-refractivity contribution is -0.116. The highest BCUT2D eigenvalue weighted by molar-refractivity contribution is 7.99. The van der Waals surface area contributed by atoms with E-state index < -0.39 is 0 Å². The molecular weight excluding hydrogens is 393 g/mol. The van der Waals surface area contributed by atoms with E-state index in [9.17, 15) is 9.59 Å². The molecule has 4 rings (SSSR count). The van der Waals surface area contributed by atoms with E-state index in [1.165, 1.54) is 0 Å². The van der Waals surface area contributed by atoms with Crippen molar-refractivity contribution in [3.63, 3.8) is 0 Å². The Hall–Kier alpha value is -1.50. The lowest BCUT2D eigenvalue weighted by atomic mass is 9.97. The normalized spacial score (nSPS) is 18.3. The Balaban J connectivity index is 1.55. The van der Waals surface area contributed by atoms with Crippen LogP contribution in [-0.4, -0.2) is 21.2 Å². The number of aromatic nitrogens is 2. The van der Waals surface area contributed by atoms with Crippen molar-refractivity contribution >= 4 is 46.6 Å². The maximum Gasteiger partial charge on any atom is 0.257 e. The third kappa shape index (κ3) is 3.26. The number of hydrogen-bond acceptors (Lipinski definition) is 4. The maximum absolute atomic E-state index is 12.9. The molecule has 0 saturated carbocycles. The third-order valence-corrected chi connectivity index (χ3v) is 6.69. The van der Waals surface area contributed by atoms with Crippen LogP contribution < -0.4 is 10.9 Å².